The van der Waals surface area contributed by atoms with Gasteiger partial charge in [-0.2, -0.15) is 5.10 Å². The predicted molar refractivity (Wildman–Crippen MR) is 72.5 cm³/mol. The van der Waals surface area contributed by atoms with Gasteiger partial charge in [-0.3, -0.25) is 4.68 Å². The molecule has 2 rings (SSSR count). The maximum absolute atomic E-state index is 13.5. The molecule has 0 aliphatic carbocycles. The highest BCUT2D eigenvalue weighted by Crippen LogP contribution is 2.14. The van der Waals surface area contributed by atoms with Crippen molar-refractivity contribution < 1.29 is 13.9 Å². The predicted octanol–water partition coefficient (Wildman–Crippen LogP) is 2.54. The van der Waals surface area contributed by atoms with E-state index in [1.165, 1.54) is 12.1 Å². The Labute approximate surface area is 116 Å². The second-order valence-corrected chi connectivity index (χ2v) is 4.70. The smallest absolute Gasteiger partial charge is 0.341 e. The Hall–Kier alpha value is -2.37. The van der Waals surface area contributed by atoms with Gasteiger partial charge in [-0.15, -0.1) is 0 Å². The Morgan fingerprint density at radius 1 is 1.45 bits per heavy atom. The van der Waals surface area contributed by atoms with Crippen LogP contribution in [0.4, 0.5) is 10.1 Å². The van der Waals surface area contributed by atoms with Gasteiger partial charge in [-0.05, 0) is 38.1 Å². The van der Waals surface area contributed by atoms with E-state index in [0.29, 0.717) is 5.69 Å². The summed E-state index contributed by atoms with van der Waals surface area (Å²) in [6.07, 6.45) is 1.80. The van der Waals surface area contributed by atoms with Gasteiger partial charge in [0.05, 0.1) is 11.3 Å². The maximum Gasteiger partial charge on any atom is 0.341 e. The highest BCUT2D eigenvalue weighted by molar-refractivity contribution is 5.90. The summed E-state index contributed by atoms with van der Waals surface area (Å²) in [7, 11) is 0. The van der Waals surface area contributed by atoms with Gasteiger partial charge in [-0.25, -0.2) is 9.18 Å². The number of nitrogens with two attached hydrogens (primary N) is 1. The van der Waals surface area contributed by atoms with Crippen LogP contribution in [0.15, 0.2) is 30.5 Å². The molecule has 0 radical (unpaired) electrons. The van der Waals surface area contributed by atoms with Crippen molar-refractivity contribution in [3.05, 3.63) is 47.5 Å². The van der Waals surface area contributed by atoms with Crippen LogP contribution in [0.5, 0.6) is 0 Å². The molecule has 20 heavy (non-hydrogen) atoms. The fourth-order valence-electron chi connectivity index (χ4n) is 1.66. The third-order valence-electron chi connectivity index (χ3n) is 2.76. The number of anilines is 1. The van der Waals surface area contributed by atoms with E-state index in [1.807, 2.05) is 13.8 Å². The van der Waals surface area contributed by atoms with E-state index in [9.17, 15) is 9.18 Å². The molecule has 0 spiro atoms. The van der Waals surface area contributed by atoms with Gasteiger partial charge in [-0.1, -0.05) is 0 Å². The van der Waals surface area contributed by atoms with E-state index >= 15 is 0 Å². The number of benzene rings is 1. The summed E-state index contributed by atoms with van der Waals surface area (Å²) in [4.78, 5) is 11.8. The van der Waals surface area contributed by atoms with Gasteiger partial charge in [0.1, 0.15) is 12.4 Å². The summed E-state index contributed by atoms with van der Waals surface area (Å²) in [6, 6.07) is 5.83. The number of carbonyl (C=O) groups excluding carboxylic acids is 1. The van der Waals surface area contributed by atoms with Gasteiger partial charge in [0.15, 0.2) is 0 Å². The second-order valence-electron chi connectivity index (χ2n) is 4.70. The Balaban J connectivity index is 2.01. The van der Waals surface area contributed by atoms with Gasteiger partial charge in [0.2, 0.25) is 0 Å². The minimum Gasteiger partial charge on any atom is -0.455 e. The number of halogens is 1. The van der Waals surface area contributed by atoms with Crippen LogP contribution < -0.4 is 5.73 Å². The number of carbonyl (C=O) groups is 1. The number of aromatic nitrogens is 2. The van der Waals surface area contributed by atoms with Gasteiger partial charge >= 0.3 is 5.97 Å². The normalized spacial score (nSPS) is 10.8. The van der Waals surface area contributed by atoms with Gasteiger partial charge in [0, 0.05) is 17.9 Å². The van der Waals surface area contributed by atoms with E-state index in [0.717, 1.165) is 6.07 Å². The van der Waals surface area contributed by atoms with Crippen LogP contribution in [0, 0.1) is 5.82 Å². The molecule has 2 aromatic rings. The van der Waals surface area contributed by atoms with Crippen LogP contribution in [0.3, 0.4) is 0 Å². The van der Waals surface area contributed by atoms with Crippen LogP contribution in [0.25, 0.3) is 0 Å². The third-order valence-corrected chi connectivity index (χ3v) is 2.76. The Bertz CT molecular complexity index is 623. The van der Waals surface area contributed by atoms with Gasteiger partial charge < -0.3 is 10.5 Å². The molecule has 0 aliphatic rings. The minimum absolute atomic E-state index is 0.00235. The van der Waals surface area contributed by atoms with E-state index in [4.69, 9.17) is 10.5 Å². The zero-order valence-electron chi connectivity index (χ0n) is 11.3. The van der Waals surface area contributed by atoms with E-state index in [2.05, 4.69) is 5.10 Å². The summed E-state index contributed by atoms with van der Waals surface area (Å²) in [6.45, 7) is 3.99. The molecule has 106 valence electrons. The first kappa shape index (κ1) is 14.0. The summed E-state index contributed by atoms with van der Waals surface area (Å²) < 4.78 is 20.3. The van der Waals surface area contributed by atoms with Gasteiger partial charge in [0.25, 0.3) is 0 Å². The number of hydrogen-bond acceptors (Lipinski definition) is 4. The summed E-state index contributed by atoms with van der Waals surface area (Å²) in [5, 5.41) is 4.24. The first-order valence-corrected chi connectivity index (χ1v) is 6.23. The summed E-state index contributed by atoms with van der Waals surface area (Å²) in [5.74, 6) is -1.43. The van der Waals surface area contributed by atoms with Crippen LogP contribution in [0.2, 0.25) is 0 Å². The lowest BCUT2D eigenvalue weighted by molar-refractivity contribution is 0.0461. The molecule has 0 unspecified atom stereocenters. The van der Waals surface area contributed by atoms with Crippen molar-refractivity contribution in [3.63, 3.8) is 0 Å². The number of esters is 1. The van der Waals surface area contributed by atoms with E-state index < -0.39 is 11.8 Å². The highest BCUT2D eigenvalue weighted by Gasteiger charge is 2.14. The fraction of sp³-hybridized carbons (Fsp3) is 0.286. The lowest BCUT2D eigenvalue weighted by Gasteiger charge is -2.06. The monoisotopic (exact) mass is 277 g/mol. The molecule has 5 nitrogen and oxygen atoms in total. The van der Waals surface area contributed by atoms with Crippen molar-refractivity contribution in [2.75, 3.05) is 5.73 Å². The second kappa shape index (κ2) is 5.73. The Morgan fingerprint density at radius 3 is 2.80 bits per heavy atom. The molecular weight excluding hydrogens is 261 g/mol. The molecule has 0 bridgehead atoms. The van der Waals surface area contributed by atoms with Crippen molar-refractivity contribution in [2.24, 2.45) is 0 Å². The quantitative estimate of drug-likeness (QED) is 0.688. The molecule has 1 heterocycles. The number of hydrogen-bond donors (Lipinski definition) is 1. The lowest BCUT2D eigenvalue weighted by atomic mass is 10.2. The van der Waals surface area contributed by atoms with E-state index in [1.54, 1.807) is 16.9 Å². The average Bonchev–Trinajstić information content (AvgIpc) is 2.85. The van der Waals surface area contributed by atoms with Crippen LogP contribution >= 0.6 is 0 Å². The maximum atomic E-state index is 13.5. The molecule has 1 aromatic heterocycles. The molecule has 0 fully saturated rings. The first-order chi connectivity index (χ1) is 9.47. The van der Waals surface area contributed by atoms with Crippen molar-refractivity contribution >= 4 is 11.7 Å². The van der Waals surface area contributed by atoms with Crippen molar-refractivity contribution in [3.8, 4) is 0 Å². The lowest BCUT2D eigenvalue weighted by Crippen LogP contribution is -2.09. The number of ether oxygens (including phenoxy) is 1. The molecule has 0 amide bonds. The van der Waals surface area contributed by atoms with Crippen LogP contribution in [0.1, 0.15) is 35.9 Å². The van der Waals surface area contributed by atoms with Crippen LogP contribution in [-0.2, 0) is 11.3 Å². The average molecular weight is 277 g/mol. The topological polar surface area (TPSA) is 70.1 Å². The van der Waals surface area contributed by atoms with Crippen molar-refractivity contribution in [2.45, 2.75) is 26.5 Å². The van der Waals surface area contributed by atoms with Crippen LogP contribution in [-0.4, -0.2) is 15.7 Å². The van der Waals surface area contributed by atoms with Crippen molar-refractivity contribution in [1.29, 1.82) is 0 Å². The zero-order valence-corrected chi connectivity index (χ0v) is 11.3. The number of nitrogen functional groups attached to an aromatic ring is 1. The molecule has 0 aliphatic heterocycles. The van der Waals surface area contributed by atoms with Crippen molar-refractivity contribution in [1.82, 2.24) is 9.78 Å². The number of rotatable bonds is 4. The largest absolute Gasteiger partial charge is 0.455 e. The van der Waals surface area contributed by atoms with E-state index in [-0.39, 0.29) is 23.9 Å². The first-order valence-electron chi connectivity index (χ1n) is 6.23. The third kappa shape index (κ3) is 3.14. The molecule has 2 N–H and O–H groups in total. The molecule has 6 heteroatoms. The highest BCUT2D eigenvalue weighted by atomic mass is 19.1. The Kier molecular flexibility index (Phi) is 4.02. The number of nitrogens with zero attached hydrogens (tertiary/aromatic N) is 2. The zero-order chi connectivity index (χ0) is 14.7. The SMILES string of the molecule is CC(C)n1ccc(COC(=O)c2ccc(N)cc2F)n1. The molecular formula is C14H16FN3O2. The summed E-state index contributed by atoms with van der Waals surface area (Å²) in [5.41, 5.74) is 6.16. The molecule has 0 saturated carbocycles. The molecule has 1 aromatic carbocycles. The standard InChI is InChI=1S/C14H16FN3O2/c1-9(2)18-6-5-11(17-18)8-20-14(19)12-4-3-10(16)7-13(12)15/h3-7,9H,8,16H2,1-2H3. The fourth-order valence-corrected chi connectivity index (χ4v) is 1.66. The summed E-state index contributed by atoms with van der Waals surface area (Å²) >= 11 is 0. The molecule has 0 atom stereocenters. The molecule has 0 saturated heterocycles. The Morgan fingerprint density at radius 2 is 2.20 bits per heavy atom. The minimum atomic E-state index is -0.735.